The van der Waals surface area contributed by atoms with Crippen LogP contribution in [0.2, 0.25) is 0 Å². The molecule has 8 aliphatic rings. The summed E-state index contributed by atoms with van der Waals surface area (Å²) in [5.41, 5.74) is 14.5. The van der Waals surface area contributed by atoms with Crippen LogP contribution in [0.3, 0.4) is 0 Å². The number of azo groups is 1. The molecule has 0 spiro atoms. The first-order chi connectivity index (χ1) is 67.9. The Morgan fingerprint density at radius 2 is 0.660 bits per heavy atom. The molecule has 37 nitrogen and oxygen atoms in total. The van der Waals surface area contributed by atoms with Crippen LogP contribution in [0.5, 0.6) is 0 Å². The van der Waals surface area contributed by atoms with Gasteiger partial charge in [-0.15, -0.1) is 12.4 Å². The van der Waals surface area contributed by atoms with Crippen LogP contribution in [-0.4, -0.2) is 303 Å². The number of rotatable bonds is 10. The molecular formula is C103H120BBr2ClN22O15. The Hall–Kier alpha value is -13.3. The van der Waals surface area contributed by atoms with Crippen molar-refractivity contribution in [3.63, 3.8) is 0 Å². The zero-order valence-electron chi connectivity index (χ0n) is 83.1. The number of nitrogens with one attached hydrogen (secondary N) is 1. The van der Waals surface area contributed by atoms with Crippen molar-refractivity contribution in [2.45, 2.75) is 135 Å². The standard InChI is InChI=1S/C23H27N5O3.C22H33BN2O5.C22H23N5O3.C18H19N5O.C7H6BrN3.C7H5BrN2.C4H6O3.ClH/c1-23(2,3)31-22(30)28-13-11-27(12-14-28)21(29)17-7-5-16(6-8-17)18-9-10-19-20(15-18)25-26(4)24-19;1-20(2,3)28-19(27)25-14-12-24(13-15-25)18(26)16-8-10-17(11-9-16)23-29-21(4,5)22(6,7)30-23;1-25-23-18-7-6-17(14-19(18)24-25)15-2-4-16(5-3-15)20(28)26-10-12-27(13-11-26)21(29)22(30)8-9-22;1-22-20-16-7-6-15(12-17(16)21-22)13-2-4-14(5-3-13)18(24)23-10-8-19-9-11-23;1-11-9-6-3-2-5(8)4-7(6)10-11;8-6-1-2-7-5(3-6)4-9-10-7;5-3(6)4(7)1-2-4;/h5-10,15H,11-14H2,1-4H3;8-11H,12-15H2,1-7H3;2-7,14,30H,8-13H2,1H3;2-7,12,19H,8-11H2,1H3;2-4H,1H3;1-3H,4H2;7H,1-2H2,(H,5,6);1H. The molecule has 10 heterocycles. The number of carboxylic acid groups (broad SMARTS) is 1. The number of aliphatic hydroxyl groups is 2. The van der Waals surface area contributed by atoms with E-state index in [9.17, 15) is 43.5 Å². The van der Waals surface area contributed by atoms with Crippen LogP contribution in [-0.2, 0) is 63.1 Å². The van der Waals surface area contributed by atoms with Crippen molar-refractivity contribution in [1.29, 1.82) is 0 Å². The second-order valence-corrected chi connectivity index (χ2v) is 41.0. The van der Waals surface area contributed by atoms with E-state index in [4.69, 9.17) is 29.0 Å². The molecule has 6 aliphatic heterocycles. The van der Waals surface area contributed by atoms with Gasteiger partial charge in [0, 0.05) is 170 Å². The normalized spacial score (nSPS) is 16.7. The van der Waals surface area contributed by atoms with Gasteiger partial charge in [0.15, 0.2) is 5.60 Å². The van der Waals surface area contributed by atoms with E-state index in [1.165, 1.54) is 5.56 Å². The number of benzene rings is 9. The lowest BCUT2D eigenvalue weighted by molar-refractivity contribution is -0.149. The van der Waals surface area contributed by atoms with Gasteiger partial charge >= 0.3 is 25.3 Å². The number of carbonyl (C=O) groups is 8. The van der Waals surface area contributed by atoms with E-state index in [0.717, 1.165) is 136 Å². The summed E-state index contributed by atoms with van der Waals surface area (Å²) < 4.78 is 25.1. The van der Waals surface area contributed by atoms with Gasteiger partial charge in [0.1, 0.15) is 60.9 Å². The number of aromatic nitrogens is 12. The third-order valence-corrected chi connectivity index (χ3v) is 26.3. The van der Waals surface area contributed by atoms with Crippen LogP contribution in [0.4, 0.5) is 15.3 Å². The number of amides is 7. The molecule has 13 aromatic rings. The van der Waals surface area contributed by atoms with Crippen molar-refractivity contribution in [3.05, 3.63) is 225 Å². The number of aliphatic carboxylic acids is 1. The van der Waals surface area contributed by atoms with Crippen molar-refractivity contribution in [2.75, 3.05) is 105 Å². The molecule has 41 heteroatoms. The minimum atomic E-state index is -1.33. The molecule has 21 rings (SSSR count). The third kappa shape index (κ3) is 27.0. The molecular weight excluding hydrogens is 1990 g/mol. The first kappa shape index (κ1) is 106. The molecule has 4 aromatic heterocycles. The minimum absolute atomic E-state index is 0. The van der Waals surface area contributed by atoms with Gasteiger partial charge in [-0.25, -0.2) is 14.4 Å². The molecule has 144 heavy (non-hydrogen) atoms. The summed E-state index contributed by atoms with van der Waals surface area (Å²) in [5.74, 6) is -1.29. The Labute approximate surface area is 857 Å². The number of nitrogens with zero attached hydrogens (tertiary/aromatic N) is 21. The van der Waals surface area contributed by atoms with Gasteiger partial charge < -0.3 is 73.7 Å². The van der Waals surface area contributed by atoms with E-state index in [1.807, 2.05) is 270 Å². The molecule has 0 unspecified atom stereocenters. The molecule has 2 saturated carbocycles. The van der Waals surface area contributed by atoms with Crippen molar-refractivity contribution in [2.24, 2.45) is 38.4 Å². The number of ether oxygens (including phenoxy) is 2. The van der Waals surface area contributed by atoms with E-state index in [-0.39, 0.29) is 54.1 Å². The predicted octanol–water partition coefficient (Wildman–Crippen LogP) is 13.9. The topological polar surface area (TPSA) is 416 Å². The Kier molecular flexibility index (Phi) is 33.2. The average Bonchev–Trinajstić information content (AvgIpc) is 1.60. The summed E-state index contributed by atoms with van der Waals surface area (Å²) in [6.07, 6.45) is 1.26. The number of halogens is 3. The minimum Gasteiger partial charge on any atom is -0.479 e. The van der Waals surface area contributed by atoms with Gasteiger partial charge in [0.25, 0.3) is 29.5 Å². The summed E-state index contributed by atoms with van der Waals surface area (Å²) in [6, 6.07) is 60.0. The van der Waals surface area contributed by atoms with Gasteiger partial charge in [-0.3, -0.25) is 24.0 Å². The number of piperazine rings is 4. The fourth-order valence-corrected chi connectivity index (χ4v) is 17.0. The number of hydrogen-bond donors (Lipinski definition) is 4. The Balaban J connectivity index is 0.000000139. The number of carbonyl (C=O) groups excluding carboxylic acids is 7. The Morgan fingerprint density at radius 1 is 0.368 bits per heavy atom. The summed E-state index contributed by atoms with van der Waals surface area (Å²) in [7, 11) is 6.78. The summed E-state index contributed by atoms with van der Waals surface area (Å²) in [4.78, 5) is 116. The molecule has 0 atom stereocenters. The van der Waals surface area contributed by atoms with E-state index < -0.39 is 46.7 Å². The maximum Gasteiger partial charge on any atom is 0.494 e. The van der Waals surface area contributed by atoms with Crippen LogP contribution < -0.4 is 10.8 Å². The highest BCUT2D eigenvalue weighted by molar-refractivity contribution is 9.10. The lowest BCUT2D eigenvalue weighted by Crippen LogP contribution is -2.53. The van der Waals surface area contributed by atoms with E-state index in [0.29, 0.717) is 121 Å². The Morgan fingerprint density at radius 3 is 0.993 bits per heavy atom. The fourth-order valence-electron chi connectivity index (χ4n) is 16.3. The molecule has 5 saturated heterocycles. The first-order valence-corrected chi connectivity index (χ1v) is 49.1. The third-order valence-electron chi connectivity index (χ3n) is 25.4. The molecule has 9 aromatic carbocycles. The summed E-state index contributed by atoms with van der Waals surface area (Å²) in [6.45, 7) is 28.8. The molecule has 7 fully saturated rings. The largest absolute Gasteiger partial charge is 0.494 e. The second kappa shape index (κ2) is 44.9. The molecule has 0 bridgehead atoms. The molecule has 4 N–H and O–H groups in total. The van der Waals surface area contributed by atoms with Gasteiger partial charge in [-0.05, 0) is 255 Å². The highest BCUT2D eigenvalue weighted by atomic mass is 79.9. The zero-order valence-corrected chi connectivity index (χ0v) is 87.1. The lowest BCUT2D eigenvalue weighted by atomic mass is 9.79. The van der Waals surface area contributed by atoms with Crippen molar-refractivity contribution >= 4 is 154 Å². The lowest BCUT2D eigenvalue weighted by Gasteiger charge is -2.35. The van der Waals surface area contributed by atoms with Gasteiger partial charge in [-0.2, -0.15) is 70.2 Å². The number of carboxylic acids is 1. The predicted molar refractivity (Wildman–Crippen MR) is 554 cm³/mol. The summed E-state index contributed by atoms with van der Waals surface area (Å²) >= 11 is 6.75. The van der Waals surface area contributed by atoms with Crippen LogP contribution in [0.15, 0.2) is 207 Å². The first-order valence-electron chi connectivity index (χ1n) is 47.5. The molecule has 756 valence electrons. The van der Waals surface area contributed by atoms with Gasteiger partial charge in [0.2, 0.25) is 0 Å². The SMILES string of the molecule is Brc1ccc2c(c1)CN=N2.CC(C)(C)OC(=O)N1CCN(C(=O)c2ccc(B3OC(C)(C)C(C)(C)O3)cc2)CC1.Cl.Cn1nc2ccc(-c3ccc(C(=O)N4CCN(C(=O)C5(O)CC5)CC4)cc3)cc2n1.Cn1nc2ccc(-c3ccc(C(=O)N4CCN(C(=O)OC(C)(C)C)CC4)cc3)cc2n1.Cn1nc2ccc(-c3ccc(C(=O)N4CCNCC4)cc3)cc2n1.Cn1nc2ccc(Br)cc2n1.O=C(O)C1(O)CC1. The maximum absolute atomic E-state index is 12.9. The zero-order chi connectivity index (χ0) is 102. The average molecular weight is 2110 g/mol. The van der Waals surface area contributed by atoms with Gasteiger partial charge in [-0.1, -0.05) is 98.6 Å². The fraction of sp³-hybridized carbons (Fsp3) is 0.398. The molecule has 7 amide bonds. The summed E-state index contributed by atoms with van der Waals surface area (Å²) in [5, 5.41) is 72.0. The van der Waals surface area contributed by atoms with Crippen LogP contribution in [0, 0.1) is 0 Å². The van der Waals surface area contributed by atoms with Crippen molar-refractivity contribution in [1.82, 2.24) is 99.6 Å². The maximum atomic E-state index is 12.9. The number of hydrogen-bond acceptors (Lipinski definition) is 25. The second-order valence-electron chi connectivity index (χ2n) is 39.1. The van der Waals surface area contributed by atoms with Crippen LogP contribution in [0.25, 0.3) is 77.5 Å². The number of aryl methyl sites for hydroxylation is 4. The smallest absolute Gasteiger partial charge is 0.479 e. The Bertz CT molecular complexity index is 6830. The molecule has 0 radical (unpaired) electrons. The van der Waals surface area contributed by atoms with E-state index in [1.54, 1.807) is 62.7 Å². The van der Waals surface area contributed by atoms with Crippen molar-refractivity contribution < 1.29 is 72.5 Å². The van der Waals surface area contributed by atoms with Gasteiger partial charge in [0.05, 0.1) is 23.4 Å². The highest BCUT2D eigenvalue weighted by Crippen LogP contribution is 2.40. The monoisotopic (exact) mass is 2110 g/mol. The highest BCUT2D eigenvalue weighted by Gasteiger charge is 2.53. The van der Waals surface area contributed by atoms with E-state index >= 15 is 0 Å². The van der Waals surface area contributed by atoms with Crippen molar-refractivity contribution in [3.8, 4) is 33.4 Å². The van der Waals surface area contributed by atoms with Crippen LogP contribution >= 0.6 is 44.3 Å². The van der Waals surface area contributed by atoms with E-state index in [2.05, 4.69) is 94.3 Å². The molecule has 2 aliphatic carbocycles. The van der Waals surface area contributed by atoms with Crippen LogP contribution in [0.1, 0.15) is 142 Å². The quantitative estimate of drug-likeness (QED) is 0.0924. The number of fused-ring (bicyclic) bond motifs is 5.